The Labute approximate surface area is 116 Å². The summed E-state index contributed by atoms with van der Waals surface area (Å²) in [4.78, 5) is 10.7. The fraction of sp³-hybridized carbons (Fsp3) is 0.714. The van der Waals surface area contributed by atoms with E-state index < -0.39 is 0 Å². The SMILES string of the molecule is CCCNc1ncnc(N(C)CCC(C)C)c1OC. The van der Waals surface area contributed by atoms with Crippen LogP contribution >= 0.6 is 0 Å². The van der Waals surface area contributed by atoms with Crippen molar-refractivity contribution in [3.05, 3.63) is 6.33 Å². The second-order valence-electron chi connectivity index (χ2n) is 5.11. The summed E-state index contributed by atoms with van der Waals surface area (Å²) in [5.74, 6) is 3.01. The van der Waals surface area contributed by atoms with Gasteiger partial charge in [-0.2, -0.15) is 0 Å². The van der Waals surface area contributed by atoms with Gasteiger partial charge in [0.05, 0.1) is 7.11 Å². The smallest absolute Gasteiger partial charge is 0.204 e. The molecule has 1 rings (SSSR count). The molecule has 1 aromatic heterocycles. The van der Waals surface area contributed by atoms with E-state index >= 15 is 0 Å². The van der Waals surface area contributed by atoms with Crippen LogP contribution in [-0.2, 0) is 0 Å². The summed E-state index contributed by atoms with van der Waals surface area (Å²) in [5, 5.41) is 3.27. The summed E-state index contributed by atoms with van der Waals surface area (Å²) in [6.45, 7) is 8.40. The van der Waals surface area contributed by atoms with E-state index in [1.54, 1.807) is 13.4 Å². The van der Waals surface area contributed by atoms with Crippen molar-refractivity contribution in [3.63, 3.8) is 0 Å². The Morgan fingerprint density at radius 2 is 2.11 bits per heavy atom. The van der Waals surface area contributed by atoms with E-state index in [-0.39, 0.29) is 0 Å². The molecule has 1 aromatic rings. The lowest BCUT2D eigenvalue weighted by Gasteiger charge is -2.22. The van der Waals surface area contributed by atoms with Crippen LogP contribution in [0.2, 0.25) is 0 Å². The Bertz CT molecular complexity index is 382. The summed E-state index contributed by atoms with van der Waals surface area (Å²) >= 11 is 0. The first kappa shape index (κ1) is 15.5. The van der Waals surface area contributed by atoms with Crippen LogP contribution in [0.4, 0.5) is 11.6 Å². The highest BCUT2D eigenvalue weighted by Crippen LogP contribution is 2.31. The number of nitrogens with zero attached hydrogens (tertiary/aromatic N) is 3. The molecular formula is C14H26N4O. The third kappa shape index (κ3) is 4.58. The topological polar surface area (TPSA) is 50.3 Å². The van der Waals surface area contributed by atoms with Crippen molar-refractivity contribution in [3.8, 4) is 5.75 Å². The summed E-state index contributed by atoms with van der Waals surface area (Å²) in [6, 6.07) is 0. The van der Waals surface area contributed by atoms with Crippen LogP contribution in [0.15, 0.2) is 6.33 Å². The number of rotatable bonds is 8. The zero-order valence-electron chi connectivity index (χ0n) is 12.7. The van der Waals surface area contributed by atoms with Crippen molar-refractivity contribution in [2.75, 3.05) is 37.5 Å². The summed E-state index contributed by atoms with van der Waals surface area (Å²) in [6.07, 6.45) is 3.76. The second kappa shape index (κ2) is 7.81. The van der Waals surface area contributed by atoms with E-state index in [0.29, 0.717) is 5.92 Å². The quantitative estimate of drug-likeness (QED) is 0.784. The van der Waals surface area contributed by atoms with Gasteiger partial charge in [0.15, 0.2) is 11.6 Å². The molecule has 0 atom stereocenters. The fourth-order valence-corrected chi connectivity index (χ4v) is 1.75. The normalized spacial score (nSPS) is 10.6. The molecule has 108 valence electrons. The largest absolute Gasteiger partial charge is 0.490 e. The zero-order valence-corrected chi connectivity index (χ0v) is 12.7. The average Bonchev–Trinajstić information content (AvgIpc) is 2.41. The van der Waals surface area contributed by atoms with E-state index in [9.17, 15) is 0 Å². The van der Waals surface area contributed by atoms with Crippen molar-refractivity contribution in [1.82, 2.24) is 9.97 Å². The maximum Gasteiger partial charge on any atom is 0.204 e. The molecule has 1 heterocycles. The number of hydrogen-bond donors (Lipinski definition) is 1. The van der Waals surface area contributed by atoms with E-state index in [1.165, 1.54) is 0 Å². The Morgan fingerprint density at radius 1 is 1.37 bits per heavy atom. The lowest BCUT2D eigenvalue weighted by Crippen LogP contribution is -2.22. The minimum Gasteiger partial charge on any atom is -0.490 e. The molecule has 0 saturated carbocycles. The first-order valence-corrected chi connectivity index (χ1v) is 6.94. The molecule has 0 aliphatic rings. The molecule has 0 radical (unpaired) electrons. The van der Waals surface area contributed by atoms with E-state index in [0.717, 1.165) is 43.3 Å². The van der Waals surface area contributed by atoms with Crippen molar-refractivity contribution in [2.24, 2.45) is 5.92 Å². The molecule has 0 spiro atoms. The van der Waals surface area contributed by atoms with Crippen molar-refractivity contribution in [2.45, 2.75) is 33.6 Å². The summed E-state index contributed by atoms with van der Waals surface area (Å²) in [7, 11) is 3.70. The second-order valence-corrected chi connectivity index (χ2v) is 5.11. The van der Waals surface area contributed by atoms with Gasteiger partial charge in [0.2, 0.25) is 5.75 Å². The maximum atomic E-state index is 5.47. The van der Waals surface area contributed by atoms with Crippen LogP contribution in [0.3, 0.4) is 0 Å². The average molecular weight is 266 g/mol. The molecule has 0 aromatic carbocycles. The minimum atomic E-state index is 0.674. The molecule has 0 fully saturated rings. The zero-order chi connectivity index (χ0) is 14.3. The third-order valence-electron chi connectivity index (χ3n) is 2.94. The molecule has 19 heavy (non-hydrogen) atoms. The highest BCUT2D eigenvalue weighted by molar-refractivity contribution is 5.64. The lowest BCUT2D eigenvalue weighted by atomic mass is 10.1. The van der Waals surface area contributed by atoms with Gasteiger partial charge in [-0.3, -0.25) is 0 Å². The number of aromatic nitrogens is 2. The van der Waals surface area contributed by atoms with E-state index in [2.05, 4.69) is 41.0 Å². The van der Waals surface area contributed by atoms with Crippen LogP contribution < -0.4 is 15.0 Å². The van der Waals surface area contributed by atoms with Gasteiger partial charge >= 0.3 is 0 Å². The Balaban J connectivity index is 2.86. The van der Waals surface area contributed by atoms with Crippen molar-refractivity contribution in [1.29, 1.82) is 0 Å². The van der Waals surface area contributed by atoms with Crippen LogP contribution in [0.1, 0.15) is 33.6 Å². The summed E-state index contributed by atoms with van der Waals surface area (Å²) in [5.41, 5.74) is 0. The molecule has 0 bridgehead atoms. The molecular weight excluding hydrogens is 240 g/mol. The lowest BCUT2D eigenvalue weighted by molar-refractivity contribution is 0.412. The van der Waals surface area contributed by atoms with Crippen LogP contribution in [0.25, 0.3) is 0 Å². The standard InChI is InChI=1S/C14H26N4O/c1-6-8-15-13-12(19-5)14(17-10-16-13)18(4)9-7-11(2)3/h10-11H,6-9H2,1-5H3,(H,15,16,17). The first-order chi connectivity index (χ1) is 9.10. The first-order valence-electron chi connectivity index (χ1n) is 6.94. The molecule has 0 unspecified atom stereocenters. The Morgan fingerprint density at radius 3 is 2.68 bits per heavy atom. The molecule has 1 N–H and O–H groups in total. The number of ether oxygens (including phenoxy) is 1. The predicted molar refractivity (Wildman–Crippen MR) is 80.1 cm³/mol. The highest BCUT2D eigenvalue weighted by atomic mass is 16.5. The minimum absolute atomic E-state index is 0.674. The number of methoxy groups -OCH3 is 1. The van der Waals surface area contributed by atoms with Gasteiger partial charge in [0.1, 0.15) is 6.33 Å². The summed E-state index contributed by atoms with van der Waals surface area (Å²) < 4.78 is 5.47. The predicted octanol–water partition coefficient (Wildman–Crippen LogP) is 2.79. The number of anilines is 2. The fourth-order valence-electron chi connectivity index (χ4n) is 1.75. The van der Waals surface area contributed by atoms with Gasteiger partial charge in [0, 0.05) is 20.1 Å². The molecule has 0 aliphatic carbocycles. The molecule has 0 amide bonds. The maximum absolute atomic E-state index is 5.47. The highest BCUT2D eigenvalue weighted by Gasteiger charge is 2.15. The van der Waals surface area contributed by atoms with Crippen LogP contribution in [-0.4, -0.2) is 37.2 Å². The van der Waals surface area contributed by atoms with Gasteiger partial charge in [-0.1, -0.05) is 20.8 Å². The van der Waals surface area contributed by atoms with Gasteiger partial charge in [0.25, 0.3) is 0 Å². The number of hydrogen-bond acceptors (Lipinski definition) is 5. The van der Waals surface area contributed by atoms with Gasteiger partial charge in [-0.25, -0.2) is 9.97 Å². The van der Waals surface area contributed by atoms with Crippen LogP contribution in [0, 0.1) is 5.92 Å². The van der Waals surface area contributed by atoms with Crippen molar-refractivity contribution < 1.29 is 4.74 Å². The molecule has 5 nitrogen and oxygen atoms in total. The molecule has 0 aliphatic heterocycles. The van der Waals surface area contributed by atoms with Gasteiger partial charge in [-0.15, -0.1) is 0 Å². The monoisotopic (exact) mass is 266 g/mol. The van der Waals surface area contributed by atoms with Gasteiger partial charge < -0.3 is 15.0 Å². The molecule has 0 saturated heterocycles. The van der Waals surface area contributed by atoms with E-state index in [1.807, 2.05) is 7.05 Å². The van der Waals surface area contributed by atoms with Gasteiger partial charge in [-0.05, 0) is 18.8 Å². The van der Waals surface area contributed by atoms with Crippen LogP contribution in [0.5, 0.6) is 5.75 Å². The number of nitrogens with one attached hydrogen (secondary N) is 1. The van der Waals surface area contributed by atoms with Crippen molar-refractivity contribution >= 4 is 11.6 Å². The Kier molecular flexibility index (Phi) is 6.39. The third-order valence-corrected chi connectivity index (χ3v) is 2.94. The Hall–Kier alpha value is -1.52. The molecule has 5 heteroatoms. The van der Waals surface area contributed by atoms with E-state index in [4.69, 9.17) is 4.74 Å².